The van der Waals surface area contributed by atoms with Crippen molar-refractivity contribution in [2.45, 2.75) is 33.3 Å². The quantitative estimate of drug-likeness (QED) is 0.803. The molecule has 0 aliphatic heterocycles. The molecule has 1 aromatic carbocycles. The molecule has 0 bridgehead atoms. The Bertz CT molecular complexity index is 381. The van der Waals surface area contributed by atoms with Crippen LogP contribution in [-0.4, -0.2) is 5.11 Å². The van der Waals surface area contributed by atoms with Gasteiger partial charge in [-0.25, -0.2) is 0 Å². The Morgan fingerprint density at radius 3 is 2.13 bits per heavy atom. The van der Waals surface area contributed by atoms with Crippen LogP contribution in [-0.2, 0) is 5.60 Å². The van der Waals surface area contributed by atoms with E-state index in [0.29, 0.717) is 0 Å². The predicted molar refractivity (Wildman–Crippen MR) is 60.3 cm³/mol. The fourth-order valence-electron chi connectivity index (χ4n) is 1.64. The maximum Gasteiger partial charge on any atom is 0.102 e. The highest BCUT2D eigenvalue weighted by atomic mass is 16.3. The number of hydrogen-bond donors (Lipinski definition) is 1. The van der Waals surface area contributed by atoms with Gasteiger partial charge in [0.05, 0.1) is 12.0 Å². The van der Waals surface area contributed by atoms with Crippen molar-refractivity contribution in [2.24, 2.45) is 5.92 Å². The molecule has 1 aromatic rings. The Balaban J connectivity index is 3.21. The van der Waals surface area contributed by atoms with Crippen LogP contribution in [0, 0.1) is 31.1 Å². The Morgan fingerprint density at radius 2 is 1.73 bits per heavy atom. The van der Waals surface area contributed by atoms with Crippen LogP contribution in [0.1, 0.15) is 30.5 Å². The molecule has 0 aromatic heterocycles. The normalized spacial score (nSPS) is 16.5. The molecule has 2 atom stereocenters. The lowest BCUT2D eigenvalue weighted by Gasteiger charge is -2.27. The van der Waals surface area contributed by atoms with Crippen LogP contribution in [0.5, 0.6) is 0 Å². The van der Waals surface area contributed by atoms with Gasteiger partial charge in [-0.3, -0.25) is 0 Å². The maximum absolute atomic E-state index is 10.3. The van der Waals surface area contributed by atoms with E-state index in [1.165, 1.54) is 0 Å². The minimum Gasteiger partial charge on any atom is -0.384 e. The monoisotopic (exact) mass is 203 g/mol. The first-order valence-corrected chi connectivity index (χ1v) is 5.08. The summed E-state index contributed by atoms with van der Waals surface area (Å²) in [7, 11) is 0. The zero-order valence-corrected chi connectivity index (χ0v) is 9.70. The van der Waals surface area contributed by atoms with Crippen LogP contribution in [0.25, 0.3) is 0 Å². The van der Waals surface area contributed by atoms with Gasteiger partial charge in [0.25, 0.3) is 0 Å². The van der Waals surface area contributed by atoms with Crippen molar-refractivity contribution >= 4 is 0 Å². The molecule has 2 heteroatoms. The average Bonchev–Trinajstić information content (AvgIpc) is 2.15. The molecule has 2 nitrogen and oxygen atoms in total. The smallest absolute Gasteiger partial charge is 0.102 e. The second-order valence-corrected chi connectivity index (χ2v) is 4.37. The number of nitriles is 1. The summed E-state index contributed by atoms with van der Waals surface area (Å²) in [6, 6.07) is 8.01. The molecule has 2 unspecified atom stereocenters. The molecule has 15 heavy (non-hydrogen) atoms. The Labute approximate surface area is 91.2 Å². The van der Waals surface area contributed by atoms with Crippen LogP contribution in [0.15, 0.2) is 18.2 Å². The highest BCUT2D eigenvalue weighted by molar-refractivity contribution is 5.33. The van der Waals surface area contributed by atoms with Crippen molar-refractivity contribution < 1.29 is 5.11 Å². The van der Waals surface area contributed by atoms with E-state index in [0.717, 1.165) is 16.7 Å². The lowest BCUT2D eigenvalue weighted by molar-refractivity contribution is 0.0231. The van der Waals surface area contributed by atoms with Gasteiger partial charge < -0.3 is 5.11 Å². The molecule has 1 N–H and O–H groups in total. The molecule has 0 saturated carbocycles. The largest absolute Gasteiger partial charge is 0.384 e. The van der Waals surface area contributed by atoms with Gasteiger partial charge in [0.1, 0.15) is 5.60 Å². The SMILES string of the molecule is Cc1cc(C)cc(C(C)(O)C(C)C#N)c1. The van der Waals surface area contributed by atoms with E-state index in [1.54, 1.807) is 13.8 Å². The second kappa shape index (κ2) is 4.04. The van der Waals surface area contributed by atoms with Crippen LogP contribution in [0.4, 0.5) is 0 Å². The minimum atomic E-state index is -1.08. The van der Waals surface area contributed by atoms with Gasteiger partial charge in [0, 0.05) is 0 Å². The Hall–Kier alpha value is -1.33. The fourth-order valence-corrected chi connectivity index (χ4v) is 1.64. The zero-order valence-electron chi connectivity index (χ0n) is 9.70. The molecule has 0 spiro atoms. The van der Waals surface area contributed by atoms with Gasteiger partial charge in [0.15, 0.2) is 0 Å². The summed E-state index contributed by atoms with van der Waals surface area (Å²) in [4.78, 5) is 0. The number of benzene rings is 1. The van der Waals surface area contributed by atoms with Gasteiger partial charge in [-0.15, -0.1) is 0 Å². The first-order chi connectivity index (χ1) is 6.87. The van der Waals surface area contributed by atoms with E-state index in [4.69, 9.17) is 5.26 Å². The van der Waals surface area contributed by atoms with Crippen LogP contribution in [0.3, 0.4) is 0 Å². The van der Waals surface area contributed by atoms with Gasteiger partial charge in [-0.05, 0) is 33.3 Å². The molecule has 0 amide bonds. The molecule has 0 saturated heterocycles. The van der Waals surface area contributed by atoms with Gasteiger partial charge in [-0.1, -0.05) is 29.3 Å². The number of hydrogen-bond acceptors (Lipinski definition) is 2. The second-order valence-electron chi connectivity index (χ2n) is 4.37. The first-order valence-electron chi connectivity index (χ1n) is 5.08. The summed E-state index contributed by atoms with van der Waals surface area (Å²) in [5.74, 6) is -0.418. The van der Waals surface area contributed by atoms with E-state index in [1.807, 2.05) is 26.0 Å². The van der Waals surface area contributed by atoms with Gasteiger partial charge >= 0.3 is 0 Å². The van der Waals surface area contributed by atoms with Crippen LogP contribution < -0.4 is 0 Å². The molecular formula is C13H17NO. The predicted octanol–water partition coefficient (Wildman–Crippen LogP) is 2.67. The Morgan fingerprint density at radius 1 is 1.27 bits per heavy atom. The van der Waals surface area contributed by atoms with E-state index in [-0.39, 0.29) is 0 Å². The molecule has 0 radical (unpaired) electrons. The van der Waals surface area contributed by atoms with Crippen molar-refractivity contribution in [3.05, 3.63) is 34.9 Å². The lowest BCUT2D eigenvalue weighted by Crippen LogP contribution is -2.29. The summed E-state index contributed by atoms with van der Waals surface area (Å²) < 4.78 is 0. The third kappa shape index (κ3) is 2.37. The molecule has 0 aliphatic carbocycles. The van der Waals surface area contributed by atoms with E-state index in [9.17, 15) is 5.11 Å². The summed E-state index contributed by atoms with van der Waals surface area (Å²) in [5, 5.41) is 19.1. The fraction of sp³-hybridized carbons (Fsp3) is 0.462. The van der Waals surface area contributed by atoms with Crippen molar-refractivity contribution in [1.82, 2.24) is 0 Å². The number of aliphatic hydroxyl groups is 1. The molecule has 0 fully saturated rings. The van der Waals surface area contributed by atoms with Crippen LogP contribution in [0.2, 0.25) is 0 Å². The topological polar surface area (TPSA) is 44.0 Å². The highest BCUT2D eigenvalue weighted by Crippen LogP contribution is 2.29. The standard InChI is InChI=1S/C13H17NO/c1-9-5-10(2)7-12(6-9)13(4,15)11(3)8-14/h5-7,11,15H,1-4H3. The molecule has 1 rings (SSSR count). The zero-order chi connectivity index (χ0) is 11.6. The third-order valence-electron chi connectivity index (χ3n) is 2.84. The van der Waals surface area contributed by atoms with Crippen molar-refractivity contribution in [2.75, 3.05) is 0 Å². The summed E-state index contributed by atoms with van der Waals surface area (Å²) >= 11 is 0. The summed E-state index contributed by atoms with van der Waals surface area (Å²) in [6.07, 6.45) is 0. The van der Waals surface area contributed by atoms with Crippen molar-refractivity contribution in [3.63, 3.8) is 0 Å². The van der Waals surface area contributed by atoms with Crippen molar-refractivity contribution in [1.29, 1.82) is 5.26 Å². The minimum absolute atomic E-state index is 0.418. The lowest BCUT2D eigenvalue weighted by atomic mass is 9.83. The molecule has 0 heterocycles. The number of rotatable bonds is 2. The maximum atomic E-state index is 10.3. The van der Waals surface area contributed by atoms with E-state index < -0.39 is 11.5 Å². The van der Waals surface area contributed by atoms with Gasteiger partial charge in [0.2, 0.25) is 0 Å². The summed E-state index contributed by atoms with van der Waals surface area (Å²) in [6.45, 7) is 7.40. The van der Waals surface area contributed by atoms with Gasteiger partial charge in [-0.2, -0.15) is 5.26 Å². The van der Waals surface area contributed by atoms with Crippen LogP contribution >= 0.6 is 0 Å². The summed E-state index contributed by atoms with van der Waals surface area (Å²) in [5.41, 5.74) is 1.95. The van der Waals surface area contributed by atoms with E-state index >= 15 is 0 Å². The third-order valence-corrected chi connectivity index (χ3v) is 2.84. The van der Waals surface area contributed by atoms with E-state index in [2.05, 4.69) is 12.1 Å². The first kappa shape index (κ1) is 11.7. The number of nitrogens with zero attached hydrogens (tertiary/aromatic N) is 1. The molecular weight excluding hydrogens is 186 g/mol. The molecule has 80 valence electrons. The average molecular weight is 203 g/mol. The Kier molecular flexibility index (Phi) is 3.16. The van der Waals surface area contributed by atoms with Crippen molar-refractivity contribution in [3.8, 4) is 6.07 Å². The molecule has 0 aliphatic rings. The highest BCUT2D eigenvalue weighted by Gasteiger charge is 2.30. The number of aryl methyl sites for hydroxylation is 2.